The summed E-state index contributed by atoms with van der Waals surface area (Å²) in [4.78, 5) is 18.2. The van der Waals surface area contributed by atoms with Crippen LogP contribution < -0.4 is 15.2 Å². The van der Waals surface area contributed by atoms with Gasteiger partial charge in [-0.3, -0.25) is 0 Å². The maximum absolute atomic E-state index is 10.3. The van der Waals surface area contributed by atoms with Crippen LogP contribution in [0.3, 0.4) is 0 Å². The highest BCUT2D eigenvalue weighted by Crippen LogP contribution is 2.28. The van der Waals surface area contributed by atoms with E-state index in [0.717, 1.165) is 39.0 Å². The molecule has 0 radical (unpaired) electrons. The number of ether oxygens (including phenoxy) is 1. The Kier molecular flexibility index (Phi) is 8.02. The van der Waals surface area contributed by atoms with Gasteiger partial charge in [-0.05, 0) is 49.6 Å². The third-order valence-corrected chi connectivity index (χ3v) is 6.37. The molecule has 0 aliphatic carbocycles. The van der Waals surface area contributed by atoms with Crippen molar-refractivity contribution in [3.8, 4) is 5.75 Å². The van der Waals surface area contributed by atoms with E-state index in [0.29, 0.717) is 53.0 Å². The minimum Gasteiger partial charge on any atom is -0.507 e. The highest BCUT2D eigenvalue weighted by molar-refractivity contribution is 6.32. The summed E-state index contributed by atoms with van der Waals surface area (Å²) < 4.78 is 5.47. The van der Waals surface area contributed by atoms with Crippen LogP contribution in [-0.4, -0.2) is 65.7 Å². The van der Waals surface area contributed by atoms with Gasteiger partial charge in [0.05, 0.1) is 30.1 Å². The maximum atomic E-state index is 10.3. The second-order valence-electron chi connectivity index (χ2n) is 8.67. The standard InChI is InChI=1S/C25H28ClN9O2/c26-20-6-2-3-7-21(20)32-31-19-8-9-22(36)18(16-19)17-27-33-23-28-24(34-10-4-1-5-11-34)30-25(29-23)35-12-14-37-15-13-35/h2-3,6-9,16-17,36H,1,4-5,10-15H2,(H,28,29,30,33)/b27-17-,32-31?. The molecule has 0 saturated carbocycles. The molecule has 0 amide bonds. The lowest BCUT2D eigenvalue weighted by Crippen LogP contribution is -2.38. The summed E-state index contributed by atoms with van der Waals surface area (Å²) >= 11 is 6.14. The first-order chi connectivity index (χ1) is 18.2. The number of benzene rings is 2. The Balaban J connectivity index is 1.34. The van der Waals surface area contributed by atoms with Crippen LogP contribution in [0.5, 0.6) is 5.75 Å². The van der Waals surface area contributed by atoms with Crippen LogP contribution in [0.15, 0.2) is 57.8 Å². The van der Waals surface area contributed by atoms with Crippen LogP contribution >= 0.6 is 11.6 Å². The van der Waals surface area contributed by atoms with Gasteiger partial charge in [-0.2, -0.15) is 25.2 Å². The van der Waals surface area contributed by atoms with Crippen molar-refractivity contribution in [3.63, 3.8) is 0 Å². The fourth-order valence-corrected chi connectivity index (χ4v) is 4.23. The number of piperidine rings is 1. The molecule has 5 rings (SSSR count). The van der Waals surface area contributed by atoms with Gasteiger partial charge in [-0.25, -0.2) is 5.43 Å². The summed E-state index contributed by atoms with van der Waals surface area (Å²) in [7, 11) is 0. The van der Waals surface area contributed by atoms with Gasteiger partial charge < -0.3 is 19.6 Å². The van der Waals surface area contributed by atoms with Gasteiger partial charge in [0, 0.05) is 31.7 Å². The van der Waals surface area contributed by atoms with Crippen LogP contribution in [0.4, 0.5) is 29.2 Å². The average Bonchev–Trinajstić information content (AvgIpc) is 2.95. The van der Waals surface area contributed by atoms with Gasteiger partial charge >= 0.3 is 0 Å². The first-order valence-corrected chi connectivity index (χ1v) is 12.7. The Morgan fingerprint density at radius 1 is 0.892 bits per heavy atom. The topological polar surface area (TPSA) is 124 Å². The SMILES string of the molecule is Oc1ccc(N=Nc2ccccc2Cl)cc1/C=N\Nc1nc(N2CCCCC2)nc(N2CCOCC2)n1. The molecule has 11 nitrogen and oxygen atoms in total. The highest BCUT2D eigenvalue weighted by atomic mass is 35.5. The van der Waals surface area contributed by atoms with Gasteiger partial charge in [0.25, 0.3) is 0 Å². The third-order valence-electron chi connectivity index (χ3n) is 6.05. The Morgan fingerprint density at radius 2 is 1.62 bits per heavy atom. The predicted octanol–water partition coefficient (Wildman–Crippen LogP) is 4.92. The Morgan fingerprint density at radius 3 is 2.38 bits per heavy atom. The van der Waals surface area contributed by atoms with E-state index >= 15 is 0 Å². The van der Waals surface area contributed by atoms with Crippen molar-refractivity contribution >= 4 is 47.0 Å². The van der Waals surface area contributed by atoms with Crippen molar-refractivity contribution < 1.29 is 9.84 Å². The van der Waals surface area contributed by atoms with E-state index in [1.165, 1.54) is 18.7 Å². The van der Waals surface area contributed by atoms with Crippen molar-refractivity contribution in [2.24, 2.45) is 15.3 Å². The Hall–Kier alpha value is -3.83. The summed E-state index contributed by atoms with van der Waals surface area (Å²) in [5.41, 5.74) is 4.47. The van der Waals surface area contributed by atoms with E-state index in [1.807, 2.05) is 12.1 Å². The van der Waals surface area contributed by atoms with E-state index in [4.69, 9.17) is 21.3 Å². The lowest BCUT2D eigenvalue weighted by Gasteiger charge is -2.30. The average molecular weight is 522 g/mol. The van der Waals surface area contributed by atoms with Crippen LogP contribution in [0.2, 0.25) is 5.02 Å². The molecular weight excluding hydrogens is 494 g/mol. The van der Waals surface area contributed by atoms with Crippen LogP contribution in [-0.2, 0) is 4.74 Å². The minimum absolute atomic E-state index is 0.0564. The fourth-order valence-electron chi connectivity index (χ4n) is 4.06. The summed E-state index contributed by atoms with van der Waals surface area (Å²) in [6, 6.07) is 12.1. The van der Waals surface area contributed by atoms with Gasteiger partial charge in [-0.15, -0.1) is 5.11 Å². The number of nitrogens with one attached hydrogen (secondary N) is 1. The molecule has 2 fully saturated rings. The zero-order chi connectivity index (χ0) is 25.5. The molecule has 0 spiro atoms. The number of aromatic nitrogens is 3. The summed E-state index contributed by atoms with van der Waals surface area (Å²) in [5.74, 6) is 1.63. The molecule has 2 aliphatic rings. The molecular formula is C25H28ClN9O2. The third kappa shape index (κ3) is 6.49. The molecule has 3 aromatic rings. The smallest absolute Gasteiger partial charge is 0.250 e. The van der Waals surface area contributed by atoms with Crippen molar-refractivity contribution in [1.82, 2.24) is 15.0 Å². The summed E-state index contributed by atoms with van der Waals surface area (Å²) in [6.07, 6.45) is 4.93. The number of anilines is 3. The number of rotatable bonds is 7. The second kappa shape index (κ2) is 11.9. The number of phenolic OH excluding ortho intramolecular Hbond substituents is 1. The molecule has 2 aromatic carbocycles. The largest absolute Gasteiger partial charge is 0.507 e. The van der Waals surface area contributed by atoms with E-state index in [9.17, 15) is 5.11 Å². The monoisotopic (exact) mass is 521 g/mol. The second-order valence-corrected chi connectivity index (χ2v) is 9.08. The zero-order valence-electron chi connectivity index (χ0n) is 20.3. The molecule has 0 bridgehead atoms. The van der Waals surface area contributed by atoms with E-state index < -0.39 is 0 Å². The Labute approximate surface area is 219 Å². The van der Waals surface area contributed by atoms with Gasteiger partial charge in [0.15, 0.2) is 0 Å². The maximum Gasteiger partial charge on any atom is 0.250 e. The van der Waals surface area contributed by atoms with Crippen molar-refractivity contribution in [2.45, 2.75) is 19.3 Å². The van der Waals surface area contributed by atoms with Crippen molar-refractivity contribution in [1.29, 1.82) is 0 Å². The molecule has 192 valence electrons. The first-order valence-electron chi connectivity index (χ1n) is 12.3. The number of phenols is 1. The summed E-state index contributed by atoms with van der Waals surface area (Å²) in [5, 5.41) is 23.5. The minimum atomic E-state index is 0.0564. The molecule has 2 N–H and O–H groups in total. The highest BCUT2D eigenvalue weighted by Gasteiger charge is 2.20. The number of halogens is 1. The van der Waals surface area contributed by atoms with E-state index in [2.05, 4.69) is 40.5 Å². The molecule has 37 heavy (non-hydrogen) atoms. The van der Waals surface area contributed by atoms with Gasteiger partial charge in [-0.1, -0.05) is 23.7 Å². The number of nitrogens with zero attached hydrogens (tertiary/aromatic N) is 8. The molecule has 3 heterocycles. The molecule has 2 aliphatic heterocycles. The number of aromatic hydroxyl groups is 1. The van der Waals surface area contributed by atoms with Gasteiger partial charge in [0.1, 0.15) is 11.4 Å². The van der Waals surface area contributed by atoms with Crippen LogP contribution in [0.1, 0.15) is 24.8 Å². The quantitative estimate of drug-likeness (QED) is 0.255. The number of hydrogen-bond acceptors (Lipinski definition) is 11. The molecule has 2 saturated heterocycles. The number of morpholine rings is 1. The lowest BCUT2D eigenvalue weighted by atomic mass is 10.1. The fraction of sp³-hybridized carbons (Fsp3) is 0.360. The molecule has 0 atom stereocenters. The molecule has 1 aromatic heterocycles. The van der Waals surface area contributed by atoms with E-state index in [-0.39, 0.29) is 5.75 Å². The van der Waals surface area contributed by atoms with Crippen LogP contribution in [0, 0.1) is 0 Å². The normalized spacial score (nSPS) is 16.6. The summed E-state index contributed by atoms with van der Waals surface area (Å²) in [6.45, 7) is 4.53. The van der Waals surface area contributed by atoms with Crippen LogP contribution in [0.25, 0.3) is 0 Å². The number of hydrazone groups is 1. The van der Waals surface area contributed by atoms with Gasteiger partial charge in [0.2, 0.25) is 17.8 Å². The number of azo groups is 1. The molecule has 0 unspecified atom stereocenters. The molecule has 12 heteroatoms. The Bertz CT molecular complexity index is 1240. The number of hydrogen-bond donors (Lipinski definition) is 2. The van der Waals surface area contributed by atoms with E-state index in [1.54, 1.807) is 24.3 Å². The van der Waals surface area contributed by atoms with Crippen molar-refractivity contribution in [2.75, 3.05) is 54.6 Å². The lowest BCUT2D eigenvalue weighted by molar-refractivity contribution is 0.122. The predicted molar refractivity (Wildman–Crippen MR) is 144 cm³/mol. The first kappa shape index (κ1) is 24.8. The zero-order valence-corrected chi connectivity index (χ0v) is 21.0. The van der Waals surface area contributed by atoms with Crippen molar-refractivity contribution in [3.05, 3.63) is 53.1 Å².